The number of nitrogens with zero attached hydrogens (tertiary/aromatic N) is 2. The van der Waals surface area contributed by atoms with Crippen molar-refractivity contribution in [3.05, 3.63) is 0 Å². The van der Waals surface area contributed by atoms with Crippen molar-refractivity contribution in [1.29, 1.82) is 0 Å². The van der Waals surface area contributed by atoms with Gasteiger partial charge in [-0.1, -0.05) is 0 Å². The van der Waals surface area contributed by atoms with Crippen LogP contribution in [0.3, 0.4) is 0 Å². The van der Waals surface area contributed by atoms with Gasteiger partial charge < -0.3 is 20.1 Å². The van der Waals surface area contributed by atoms with E-state index in [-0.39, 0.29) is 0 Å². The van der Waals surface area contributed by atoms with Crippen molar-refractivity contribution < 1.29 is 9.47 Å². The zero-order chi connectivity index (χ0) is 12.7. The molecule has 0 aromatic carbocycles. The molecule has 1 aromatic heterocycles. The standard InChI is InChI=1S/C10H19N3O2S2/c1-14-6-4-13(5-7-15-2)10-8(16-3)9(11)12-17-10/h4-7H2,1-3H3,(H2,11,12). The number of hydrogen-bond acceptors (Lipinski definition) is 7. The van der Waals surface area contributed by atoms with Crippen LogP contribution < -0.4 is 10.6 Å². The highest BCUT2D eigenvalue weighted by Crippen LogP contribution is 2.37. The highest BCUT2D eigenvalue weighted by molar-refractivity contribution is 7.99. The second kappa shape index (κ2) is 7.75. The lowest BCUT2D eigenvalue weighted by atomic mass is 10.4. The van der Waals surface area contributed by atoms with Gasteiger partial charge in [-0.2, -0.15) is 4.37 Å². The summed E-state index contributed by atoms with van der Waals surface area (Å²) in [5, 5.41) is 1.10. The van der Waals surface area contributed by atoms with E-state index in [1.165, 1.54) is 11.5 Å². The summed E-state index contributed by atoms with van der Waals surface area (Å²) in [6.07, 6.45) is 2.01. The molecular formula is C10H19N3O2S2. The normalized spacial score (nSPS) is 10.8. The summed E-state index contributed by atoms with van der Waals surface area (Å²) in [6.45, 7) is 2.98. The van der Waals surface area contributed by atoms with Crippen LogP contribution in [-0.4, -0.2) is 51.2 Å². The first-order chi connectivity index (χ1) is 8.24. The number of aromatic nitrogens is 1. The smallest absolute Gasteiger partial charge is 0.153 e. The molecule has 17 heavy (non-hydrogen) atoms. The summed E-state index contributed by atoms with van der Waals surface area (Å²) in [5.41, 5.74) is 5.84. The van der Waals surface area contributed by atoms with Gasteiger partial charge in [0.05, 0.1) is 18.1 Å². The molecule has 0 spiro atoms. The second-order valence-corrected chi connectivity index (χ2v) is 4.95. The Labute approximate surface area is 110 Å². The number of thioether (sulfide) groups is 1. The van der Waals surface area contributed by atoms with Crippen LogP contribution in [0.15, 0.2) is 4.90 Å². The number of nitrogens with two attached hydrogens (primary N) is 1. The van der Waals surface area contributed by atoms with Gasteiger partial charge in [-0.15, -0.1) is 11.8 Å². The van der Waals surface area contributed by atoms with Crippen LogP contribution in [0.25, 0.3) is 0 Å². The van der Waals surface area contributed by atoms with Gasteiger partial charge in [-0.3, -0.25) is 0 Å². The van der Waals surface area contributed by atoms with Crippen molar-refractivity contribution in [2.45, 2.75) is 4.90 Å². The third-order valence-corrected chi connectivity index (χ3v) is 4.14. The summed E-state index contributed by atoms with van der Waals surface area (Å²) in [4.78, 5) is 3.24. The van der Waals surface area contributed by atoms with E-state index in [0.29, 0.717) is 19.0 Å². The Morgan fingerprint density at radius 1 is 1.29 bits per heavy atom. The van der Waals surface area contributed by atoms with Gasteiger partial charge in [-0.25, -0.2) is 0 Å². The summed E-state index contributed by atoms with van der Waals surface area (Å²) in [5.74, 6) is 0.609. The Morgan fingerprint density at radius 3 is 2.35 bits per heavy atom. The Bertz CT molecular complexity index is 325. The molecule has 98 valence electrons. The summed E-state index contributed by atoms with van der Waals surface area (Å²) in [7, 11) is 3.40. The van der Waals surface area contributed by atoms with Gasteiger partial charge in [0, 0.05) is 27.3 Å². The van der Waals surface area contributed by atoms with Crippen molar-refractivity contribution >= 4 is 34.1 Å². The lowest BCUT2D eigenvalue weighted by Crippen LogP contribution is -2.30. The lowest BCUT2D eigenvalue weighted by molar-refractivity contribution is 0.190. The zero-order valence-corrected chi connectivity index (χ0v) is 12.1. The Kier molecular flexibility index (Phi) is 6.64. The Balaban J connectivity index is 2.78. The second-order valence-electron chi connectivity index (χ2n) is 3.38. The van der Waals surface area contributed by atoms with Crippen LogP contribution in [0.5, 0.6) is 0 Å². The summed E-state index contributed by atoms with van der Waals surface area (Å²) >= 11 is 3.05. The van der Waals surface area contributed by atoms with E-state index in [9.17, 15) is 0 Å². The number of methoxy groups -OCH3 is 2. The van der Waals surface area contributed by atoms with Crippen LogP contribution >= 0.6 is 23.3 Å². The zero-order valence-electron chi connectivity index (χ0n) is 10.4. The molecule has 0 bridgehead atoms. The van der Waals surface area contributed by atoms with E-state index >= 15 is 0 Å². The van der Waals surface area contributed by atoms with Gasteiger partial charge in [0.15, 0.2) is 5.82 Å². The maximum atomic E-state index is 5.84. The van der Waals surface area contributed by atoms with Crippen LogP contribution in [0.2, 0.25) is 0 Å². The van der Waals surface area contributed by atoms with E-state index in [1.807, 2.05) is 6.26 Å². The first kappa shape index (κ1) is 14.6. The number of rotatable bonds is 8. The van der Waals surface area contributed by atoms with E-state index in [4.69, 9.17) is 15.2 Å². The minimum absolute atomic E-state index is 0.609. The maximum Gasteiger partial charge on any atom is 0.153 e. The van der Waals surface area contributed by atoms with Crippen LogP contribution in [0, 0.1) is 0 Å². The highest BCUT2D eigenvalue weighted by atomic mass is 32.2. The van der Waals surface area contributed by atoms with E-state index in [2.05, 4.69) is 9.27 Å². The molecule has 0 saturated carbocycles. The van der Waals surface area contributed by atoms with Crippen LogP contribution in [0.4, 0.5) is 10.8 Å². The fourth-order valence-corrected chi connectivity index (χ4v) is 3.14. The SMILES string of the molecule is COCCN(CCOC)c1snc(N)c1SC. The van der Waals surface area contributed by atoms with Crippen molar-refractivity contribution in [3.8, 4) is 0 Å². The molecule has 5 nitrogen and oxygen atoms in total. The van der Waals surface area contributed by atoms with Crippen molar-refractivity contribution in [3.63, 3.8) is 0 Å². The number of hydrogen-bond donors (Lipinski definition) is 1. The predicted molar refractivity (Wildman–Crippen MR) is 74.3 cm³/mol. The molecule has 0 aliphatic carbocycles. The van der Waals surface area contributed by atoms with E-state index < -0.39 is 0 Å². The Hall–Kier alpha value is -0.500. The fraction of sp³-hybridized carbons (Fsp3) is 0.700. The van der Waals surface area contributed by atoms with E-state index in [1.54, 1.807) is 26.0 Å². The maximum absolute atomic E-state index is 5.84. The third-order valence-electron chi connectivity index (χ3n) is 2.28. The van der Waals surface area contributed by atoms with Gasteiger partial charge in [0.25, 0.3) is 0 Å². The minimum atomic E-state index is 0.609. The molecule has 7 heteroatoms. The molecule has 1 heterocycles. The summed E-state index contributed by atoms with van der Waals surface area (Å²) < 4.78 is 14.4. The molecule has 1 aromatic rings. The van der Waals surface area contributed by atoms with Gasteiger partial charge in [0.1, 0.15) is 5.00 Å². The van der Waals surface area contributed by atoms with Gasteiger partial charge in [0.2, 0.25) is 0 Å². The minimum Gasteiger partial charge on any atom is -0.383 e. The molecule has 0 amide bonds. The molecule has 0 aliphatic rings. The van der Waals surface area contributed by atoms with Crippen LogP contribution in [0.1, 0.15) is 0 Å². The predicted octanol–water partition coefficient (Wildman–Crippen LogP) is 1.55. The summed E-state index contributed by atoms with van der Waals surface area (Å²) in [6, 6.07) is 0. The third kappa shape index (κ3) is 4.02. The molecule has 0 aliphatic heterocycles. The fourth-order valence-electron chi connectivity index (χ4n) is 1.40. The highest BCUT2D eigenvalue weighted by Gasteiger charge is 2.16. The molecule has 0 radical (unpaired) electrons. The Morgan fingerprint density at radius 2 is 1.88 bits per heavy atom. The first-order valence-corrected chi connectivity index (χ1v) is 7.26. The lowest BCUT2D eigenvalue weighted by Gasteiger charge is -2.22. The molecule has 0 saturated heterocycles. The number of ether oxygens (including phenoxy) is 2. The van der Waals surface area contributed by atoms with Crippen LogP contribution in [-0.2, 0) is 9.47 Å². The van der Waals surface area contributed by atoms with Gasteiger partial charge >= 0.3 is 0 Å². The van der Waals surface area contributed by atoms with E-state index in [0.717, 1.165) is 23.0 Å². The molecule has 1 rings (SSSR count). The molecule has 0 atom stereocenters. The molecule has 0 fully saturated rings. The van der Waals surface area contributed by atoms with Gasteiger partial charge in [-0.05, 0) is 17.8 Å². The number of nitrogen functional groups attached to an aromatic ring is 1. The van der Waals surface area contributed by atoms with Crippen molar-refractivity contribution in [1.82, 2.24) is 4.37 Å². The quantitative estimate of drug-likeness (QED) is 0.727. The van der Waals surface area contributed by atoms with Crippen molar-refractivity contribution in [2.24, 2.45) is 0 Å². The molecule has 2 N–H and O–H groups in total. The number of anilines is 2. The average Bonchev–Trinajstić information content (AvgIpc) is 2.70. The average molecular weight is 277 g/mol. The monoisotopic (exact) mass is 277 g/mol. The van der Waals surface area contributed by atoms with Crippen molar-refractivity contribution in [2.75, 3.05) is 57.4 Å². The molecule has 0 unspecified atom stereocenters. The topological polar surface area (TPSA) is 60.6 Å². The largest absolute Gasteiger partial charge is 0.383 e. The first-order valence-electron chi connectivity index (χ1n) is 5.26. The molecular weight excluding hydrogens is 258 g/mol.